The Morgan fingerprint density at radius 3 is 2.70 bits per heavy atom. The largest absolute Gasteiger partial charge is 0.488 e. The summed E-state index contributed by atoms with van der Waals surface area (Å²) in [5, 5.41) is 6.86. The first-order chi connectivity index (χ1) is 11.3. The Morgan fingerprint density at radius 2 is 1.91 bits per heavy atom. The molecule has 23 heavy (non-hydrogen) atoms. The van der Waals surface area contributed by atoms with Crippen LogP contribution in [0.15, 0.2) is 24.3 Å². The van der Waals surface area contributed by atoms with E-state index in [0.29, 0.717) is 11.9 Å². The number of carbonyl (C=O) groups excluding carboxylic acids is 1. The molecule has 0 amide bonds. The summed E-state index contributed by atoms with van der Waals surface area (Å²) in [6, 6.07) is 8.22. The lowest BCUT2D eigenvalue weighted by molar-refractivity contribution is -0.117. The number of Topliss-reactive ketones (excluding diaryl/α,β-unsaturated/α-hetero) is 1. The van der Waals surface area contributed by atoms with Gasteiger partial charge in [0.15, 0.2) is 0 Å². The van der Waals surface area contributed by atoms with Crippen molar-refractivity contribution in [1.29, 1.82) is 0 Å². The summed E-state index contributed by atoms with van der Waals surface area (Å²) in [6.45, 7) is 4.70. The molecular formula is C19H30N2O2. The Labute approximate surface area is 140 Å². The van der Waals surface area contributed by atoms with Crippen LogP contribution in [0.5, 0.6) is 5.75 Å². The molecule has 0 unspecified atom stereocenters. The van der Waals surface area contributed by atoms with Crippen LogP contribution in [0.3, 0.4) is 0 Å². The average molecular weight is 318 g/mol. The summed E-state index contributed by atoms with van der Waals surface area (Å²) >= 11 is 0. The van der Waals surface area contributed by atoms with Gasteiger partial charge in [0.25, 0.3) is 0 Å². The number of unbranched alkanes of at least 4 members (excludes halogenated alkanes) is 3. The number of hydrogen-bond donors (Lipinski definition) is 2. The van der Waals surface area contributed by atoms with Gasteiger partial charge in [0.2, 0.25) is 0 Å². The monoisotopic (exact) mass is 318 g/mol. The highest BCUT2D eigenvalue weighted by atomic mass is 16.5. The molecule has 1 aliphatic heterocycles. The highest BCUT2D eigenvalue weighted by Crippen LogP contribution is 2.26. The Kier molecular flexibility index (Phi) is 7.95. The molecule has 0 saturated carbocycles. The van der Waals surface area contributed by atoms with E-state index in [1.54, 1.807) is 6.92 Å². The summed E-state index contributed by atoms with van der Waals surface area (Å²) < 4.78 is 6.17. The van der Waals surface area contributed by atoms with Crippen LogP contribution < -0.4 is 15.4 Å². The molecule has 4 heteroatoms. The zero-order chi connectivity index (χ0) is 16.3. The minimum atomic E-state index is 0.298. The van der Waals surface area contributed by atoms with Gasteiger partial charge in [0.1, 0.15) is 17.6 Å². The first kappa shape index (κ1) is 17.8. The van der Waals surface area contributed by atoms with Gasteiger partial charge in [0, 0.05) is 13.0 Å². The van der Waals surface area contributed by atoms with Gasteiger partial charge >= 0.3 is 0 Å². The van der Waals surface area contributed by atoms with E-state index in [9.17, 15) is 4.79 Å². The molecule has 0 bridgehead atoms. The van der Waals surface area contributed by atoms with Crippen LogP contribution in [-0.2, 0) is 4.79 Å². The van der Waals surface area contributed by atoms with Gasteiger partial charge in [-0.1, -0.05) is 25.0 Å². The maximum Gasteiger partial charge on any atom is 0.142 e. The van der Waals surface area contributed by atoms with Crippen molar-refractivity contribution in [3.63, 3.8) is 0 Å². The van der Waals surface area contributed by atoms with Crippen LogP contribution in [0.4, 0.5) is 5.69 Å². The fourth-order valence-corrected chi connectivity index (χ4v) is 2.88. The lowest BCUT2D eigenvalue weighted by Crippen LogP contribution is -2.34. The number of anilines is 1. The second-order valence-corrected chi connectivity index (χ2v) is 6.36. The van der Waals surface area contributed by atoms with Crippen molar-refractivity contribution < 1.29 is 9.53 Å². The summed E-state index contributed by atoms with van der Waals surface area (Å²) in [6.07, 6.45) is 7.64. The summed E-state index contributed by atoms with van der Waals surface area (Å²) in [7, 11) is 0. The standard InChI is InChI=1S/C19H30N2O2/c1-16(22)8-4-2-3-7-13-21-18-9-5-6-10-19(18)23-17-11-14-20-15-12-17/h5-6,9-10,17,20-21H,2-4,7-8,11-15H2,1H3. The highest BCUT2D eigenvalue weighted by molar-refractivity contribution is 5.75. The predicted molar refractivity (Wildman–Crippen MR) is 95.2 cm³/mol. The molecule has 2 rings (SSSR count). The van der Waals surface area contributed by atoms with Crippen molar-refractivity contribution in [2.75, 3.05) is 25.0 Å². The number of piperidine rings is 1. The minimum absolute atomic E-state index is 0.298. The fraction of sp³-hybridized carbons (Fsp3) is 0.632. The zero-order valence-corrected chi connectivity index (χ0v) is 14.3. The van der Waals surface area contributed by atoms with Crippen molar-refractivity contribution >= 4 is 11.5 Å². The number of nitrogens with one attached hydrogen (secondary N) is 2. The van der Waals surface area contributed by atoms with Crippen LogP contribution in [0, 0.1) is 0 Å². The average Bonchev–Trinajstić information content (AvgIpc) is 2.56. The van der Waals surface area contributed by atoms with Crippen molar-refractivity contribution in [1.82, 2.24) is 5.32 Å². The molecule has 1 aromatic carbocycles. The van der Waals surface area contributed by atoms with Gasteiger partial charge in [-0.15, -0.1) is 0 Å². The molecule has 1 saturated heterocycles. The third-order valence-corrected chi connectivity index (χ3v) is 4.24. The first-order valence-electron chi connectivity index (χ1n) is 8.95. The van der Waals surface area contributed by atoms with E-state index in [2.05, 4.69) is 22.8 Å². The number of carbonyl (C=O) groups is 1. The molecule has 0 spiro atoms. The van der Waals surface area contributed by atoms with E-state index >= 15 is 0 Å². The highest BCUT2D eigenvalue weighted by Gasteiger charge is 2.15. The van der Waals surface area contributed by atoms with Crippen LogP contribution in [0.25, 0.3) is 0 Å². The summed E-state index contributed by atoms with van der Waals surface area (Å²) in [4.78, 5) is 10.9. The van der Waals surface area contributed by atoms with Crippen LogP contribution in [-0.4, -0.2) is 31.5 Å². The molecule has 0 atom stereocenters. The molecule has 4 nitrogen and oxygen atoms in total. The minimum Gasteiger partial charge on any atom is -0.488 e. The van der Waals surface area contributed by atoms with E-state index < -0.39 is 0 Å². The zero-order valence-electron chi connectivity index (χ0n) is 14.3. The molecule has 1 aromatic rings. The Balaban J connectivity index is 1.69. The number of hydrogen-bond acceptors (Lipinski definition) is 4. The SMILES string of the molecule is CC(=O)CCCCCCNc1ccccc1OC1CCNCC1. The fourth-order valence-electron chi connectivity index (χ4n) is 2.88. The number of benzene rings is 1. The van der Waals surface area contributed by atoms with Crippen molar-refractivity contribution in [3.05, 3.63) is 24.3 Å². The summed E-state index contributed by atoms with van der Waals surface area (Å²) in [5.41, 5.74) is 1.09. The number of para-hydroxylation sites is 2. The second-order valence-electron chi connectivity index (χ2n) is 6.36. The second kappa shape index (κ2) is 10.3. The van der Waals surface area contributed by atoms with Gasteiger partial charge < -0.3 is 20.2 Å². The predicted octanol–water partition coefficient (Wildman–Crippen LogP) is 3.77. The van der Waals surface area contributed by atoms with E-state index in [1.165, 1.54) is 0 Å². The van der Waals surface area contributed by atoms with Gasteiger partial charge in [0.05, 0.1) is 5.69 Å². The normalized spacial score (nSPS) is 15.3. The molecule has 2 N–H and O–H groups in total. The van der Waals surface area contributed by atoms with E-state index in [0.717, 1.165) is 76.0 Å². The topological polar surface area (TPSA) is 50.4 Å². The number of rotatable bonds is 10. The van der Waals surface area contributed by atoms with Crippen LogP contribution in [0.1, 0.15) is 51.9 Å². The molecule has 1 fully saturated rings. The smallest absolute Gasteiger partial charge is 0.142 e. The maximum absolute atomic E-state index is 10.9. The van der Waals surface area contributed by atoms with Gasteiger partial charge in [-0.3, -0.25) is 0 Å². The number of ketones is 1. The van der Waals surface area contributed by atoms with Gasteiger partial charge in [-0.05, 0) is 57.8 Å². The first-order valence-corrected chi connectivity index (χ1v) is 8.95. The van der Waals surface area contributed by atoms with Crippen LogP contribution in [0.2, 0.25) is 0 Å². The third-order valence-electron chi connectivity index (χ3n) is 4.24. The number of ether oxygens (including phenoxy) is 1. The lowest BCUT2D eigenvalue weighted by atomic mass is 10.1. The van der Waals surface area contributed by atoms with E-state index in [4.69, 9.17) is 4.74 Å². The quantitative estimate of drug-likeness (QED) is 0.645. The molecule has 1 aliphatic rings. The third kappa shape index (κ3) is 7.04. The molecule has 1 heterocycles. The van der Waals surface area contributed by atoms with Gasteiger partial charge in [-0.2, -0.15) is 0 Å². The van der Waals surface area contributed by atoms with E-state index in [-0.39, 0.29) is 0 Å². The van der Waals surface area contributed by atoms with Crippen LogP contribution >= 0.6 is 0 Å². The molecule has 0 radical (unpaired) electrons. The molecule has 128 valence electrons. The van der Waals surface area contributed by atoms with Gasteiger partial charge in [-0.25, -0.2) is 0 Å². The Bertz CT molecular complexity index is 470. The summed E-state index contributed by atoms with van der Waals surface area (Å²) in [5.74, 6) is 1.27. The van der Waals surface area contributed by atoms with Crippen molar-refractivity contribution in [3.8, 4) is 5.75 Å². The maximum atomic E-state index is 10.9. The Morgan fingerprint density at radius 1 is 1.17 bits per heavy atom. The molecule has 0 aromatic heterocycles. The lowest BCUT2D eigenvalue weighted by Gasteiger charge is -2.25. The Hall–Kier alpha value is -1.55. The van der Waals surface area contributed by atoms with E-state index in [1.807, 2.05) is 12.1 Å². The molecular weight excluding hydrogens is 288 g/mol. The molecule has 0 aliphatic carbocycles. The van der Waals surface area contributed by atoms with Crippen molar-refractivity contribution in [2.24, 2.45) is 0 Å². The van der Waals surface area contributed by atoms with Crippen molar-refractivity contribution in [2.45, 2.75) is 58.0 Å².